The average molecular weight is 460 g/mol. The first-order valence-corrected chi connectivity index (χ1v) is 14.2. The minimum atomic E-state index is -4.05. The van der Waals surface area contributed by atoms with Gasteiger partial charge >= 0.3 is 10.1 Å². The van der Waals surface area contributed by atoms with Gasteiger partial charge in [-0.2, -0.15) is 8.42 Å². The van der Waals surface area contributed by atoms with Gasteiger partial charge in [-0.05, 0) is 6.42 Å². The molecule has 0 saturated heterocycles. The smallest absolute Gasteiger partial charge is 0.301 e. The zero-order valence-electron chi connectivity index (χ0n) is 20.2. The first-order valence-electron chi connectivity index (χ1n) is 12.8. The number of hydrogen-bond donors (Lipinski definition) is 1. The van der Waals surface area contributed by atoms with E-state index >= 15 is 0 Å². The summed E-state index contributed by atoms with van der Waals surface area (Å²) in [5.74, 6) is -1.07. The summed E-state index contributed by atoms with van der Waals surface area (Å²) in [5, 5.41) is 0. The minimum Gasteiger partial charge on any atom is -0.365 e. The van der Waals surface area contributed by atoms with E-state index in [1.54, 1.807) is 0 Å². The van der Waals surface area contributed by atoms with Gasteiger partial charge in [0.15, 0.2) is 4.91 Å². The Bertz CT molecular complexity index is 546. The molecule has 1 amide bonds. The maximum atomic E-state index is 11.6. The van der Waals surface area contributed by atoms with Crippen LogP contribution in [0.5, 0.6) is 0 Å². The highest BCUT2D eigenvalue weighted by molar-refractivity contribution is 7.91. The summed E-state index contributed by atoms with van der Waals surface area (Å²) in [6.45, 7) is 5.49. The molecule has 0 aliphatic rings. The fraction of sp³-hybridized carbons (Fsp3) is 0.880. The van der Waals surface area contributed by atoms with Crippen LogP contribution in [0, 0.1) is 0 Å². The summed E-state index contributed by atoms with van der Waals surface area (Å²) in [5.41, 5.74) is 4.91. The van der Waals surface area contributed by atoms with Gasteiger partial charge in [0.25, 0.3) is 5.91 Å². The average Bonchev–Trinajstić information content (AvgIpc) is 2.74. The second-order valence-electron chi connectivity index (χ2n) is 8.78. The van der Waals surface area contributed by atoms with E-state index in [9.17, 15) is 13.2 Å². The summed E-state index contributed by atoms with van der Waals surface area (Å²) in [4.78, 5) is 10.1. The van der Waals surface area contributed by atoms with E-state index in [0.29, 0.717) is 6.42 Å². The standard InChI is InChI=1S/C25H49NO4S/c1-3-4-5-6-7-8-9-10-11-12-13-14-15-16-17-18-19-20-21-22-23-30-31(28,29)24(2)25(26)27/h2-23H2,1H3,(H2,26,27). The van der Waals surface area contributed by atoms with Gasteiger partial charge in [-0.25, -0.2) is 0 Å². The van der Waals surface area contributed by atoms with Crippen LogP contribution < -0.4 is 5.73 Å². The molecule has 0 aliphatic heterocycles. The van der Waals surface area contributed by atoms with Crippen molar-refractivity contribution in [1.82, 2.24) is 0 Å². The van der Waals surface area contributed by atoms with Crippen LogP contribution in [0.2, 0.25) is 0 Å². The molecular weight excluding hydrogens is 410 g/mol. The van der Waals surface area contributed by atoms with Crippen LogP contribution >= 0.6 is 0 Å². The van der Waals surface area contributed by atoms with Crippen LogP contribution in [0.25, 0.3) is 0 Å². The van der Waals surface area contributed by atoms with Crippen LogP contribution in [0.15, 0.2) is 11.5 Å². The molecular formula is C25H49NO4S. The molecule has 31 heavy (non-hydrogen) atoms. The zero-order valence-corrected chi connectivity index (χ0v) is 21.0. The number of hydrogen-bond acceptors (Lipinski definition) is 4. The monoisotopic (exact) mass is 459 g/mol. The molecule has 0 aromatic heterocycles. The molecule has 0 aliphatic carbocycles. The summed E-state index contributed by atoms with van der Waals surface area (Å²) in [7, 11) is -4.05. The predicted octanol–water partition coefficient (Wildman–Crippen LogP) is 7.15. The van der Waals surface area contributed by atoms with Crippen molar-refractivity contribution >= 4 is 16.0 Å². The molecule has 0 radical (unpaired) electrons. The van der Waals surface area contributed by atoms with Gasteiger partial charge in [0.1, 0.15) is 0 Å². The number of unbranched alkanes of at least 4 members (excludes halogenated alkanes) is 19. The molecule has 0 aromatic carbocycles. The number of rotatable bonds is 24. The third-order valence-corrected chi connectivity index (χ3v) is 7.09. The van der Waals surface area contributed by atoms with Crippen molar-refractivity contribution in [2.45, 2.75) is 135 Å². The Morgan fingerprint density at radius 1 is 0.645 bits per heavy atom. The maximum Gasteiger partial charge on any atom is 0.301 e. The highest BCUT2D eigenvalue weighted by Crippen LogP contribution is 2.15. The molecule has 0 atom stereocenters. The van der Waals surface area contributed by atoms with Crippen LogP contribution in [-0.2, 0) is 19.1 Å². The first-order chi connectivity index (χ1) is 14.9. The van der Waals surface area contributed by atoms with Gasteiger partial charge < -0.3 is 5.73 Å². The van der Waals surface area contributed by atoms with E-state index in [1.807, 2.05) is 0 Å². The molecule has 0 saturated carbocycles. The van der Waals surface area contributed by atoms with Crippen molar-refractivity contribution in [2.75, 3.05) is 6.61 Å². The molecule has 0 bridgehead atoms. The second kappa shape index (κ2) is 21.0. The van der Waals surface area contributed by atoms with Crippen molar-refractivity contribution in [2.24, 2.45) is 5.73 Å². The van der Waals surface area contributed by atoms with E-state index in [-0.39, 0.29) is 6.61 Å². The summed E-state index contributed by atoms with van der Waals surface area (Å²) >= 11 is 0. The van der Waals surface area contributed by atoms with Crippen molar-refractivity contribution in [1.29, 1.82) is 0 Å². The summed E-state index contributed by atoms with van der Waals surface area (Å²) in [6.07, 6.45) is 26.0. The molecule has 2 N–H and O–H groups in total. The van der Waals surface area contributed by atoms with Gasteiger partial charge in [-0.3, -0.25) is 8.98 Å². The SMILES string of the molecule is C=C(C(N)=O)S(=O)(=O)OCCCCCCCCCCCCCCCCCCCCCC. The summed E-state index contributed by atoms with van der Waals surface area (Å²) in [6, 6.07) is 0. The Balaban J connectivity index is 3.24. The lowest BCUT2D eigenvalue weighted by atomic mass is 10.0. The van der Waals surface area contributed by atoms with Crippen LogP contribution in [0.3, 0.4) is 0 Å². The Kier molecular flexibility index (Phi) is 20.4. The fourth-order valence-corrected chi connectivity index (χ4v) is 4.45. The zero-order chi connectivity index (χ0) is 23.2. The number of nitrogens with two attached hydrogens (primary N) is 1. The van der Waals surface area contributed by atoms with Crippen molar-refractivity contribution in [3.05, 3.63) is 11.5 Å². The molecule has 0 heterocycles. The van der Waals surface area contributed by atoms with Crippen LogP contribution in [-0.4, -0.2) is 20.9 Å². The van der Waals surface area contributed by atoms with E-state index in [1.165, 1.54) is 109 Å². The molecule has 184 valence electrons. The fourth-order valence-electron chi connectivity index (χ4n) is 3.72. The molecule has 6 heteroatoms. The van der Waals surface area contributed by atoms with Crippen LogP contribution in [0.4, 0.5) is 0 Å². The molecule has 0 rings (SSSR count). The van der Waals surface area contributed by atoms with Gasteiger partial charge in [0.2, 0.25) is 0 Å². The highest BCUT2D eigenvalue weighted by atomic mass is 32.2. The third-order valence-electron chi connectivity index (χ3n) is 5.81. The largest absolute Gasteiger partial charge is 0.365 e. The van der Waals surface area contributed by atoms with E-state index in [4.69, 9.17) is 9.92 Å². The molecule has 0 aromatic rings. The lowest BCUT2D eigenvalue weighted by Crippen LogP contribution is -2.22. The van der Waals surface area contributed by atoms with E-state index < -0.39 is 20.9 Å². The van der Waals surface area contributed by atoms with Crippen molar-refractivity contribution < 1.29 is 17.4 Å². The lowest BCUT2D eigenvalue weighted by Gasteiger charge is -2.06. The number of carbonyl (C=O) groups is 1. The Morgan fingerprint density at radius 3 is 1.23 bits per heavy atom. The van der Waals surface area contributed by atoms with Crippen molar-refractivity contribution in [3.8, 4) is 0 Å². The van der Waals surface area contributed by atoms with Gasteiger partial charge in [0.05, 0.1) is 6.61 Å². The number of primary amides is 1. The number of amides is 1. The maximum absolute atomic E-state index is 11.6. The predicted molar refractivity (Wildman–Crippen MR) is 131 cm³/mol. The molecule has 0 spiro atoms. The Labute approximate surface area is 192 Å². The molecule has 5 nitrogen and oxygen atoms in total. The second-order valence-corrected chi connectivity index (χ2v) is 10.4. The third kappa shape index (κ3) is 19.5. The van der Waals surface area contributed by atoms with Gasteiger partial charge in [-0.15, -0.1) is 0 Å². The lowest BCUT2D eigenvalue weighted by molar-refractivity contribution is -0.114. The van der Waals surface area contributed by atoms with Crippen LogP contribution in [0.1, 0.15) is 135 Å². The summed E-state index contributed by atoms with van der Waals surface area (Å²) < 4.78 is 27.9. The first kappa shape index (κ1) is 30.1. The quantitative estimate of drug-likeness (QED) is 0.0942. The molecule has 0 unspecified atom stereocenters. The highest BCUT2D eigenvalue weighted by Gasteiger charge is 2.20. The van der Waals surface area contributed by atoms with E-state index in [2.05, 4.69) is 13.5 Å². The Hall–Kier alpha value is -0.880. The minimum absolute atomic E-state index is 0.0770. The van der Waals surface area contributed by atoms with Crippen molar-refractivity contribution in [3.63, 3.8) is 0 Å². The van der Waals surface area contributed by atoms with Gasteiger partial charge in [-0.1, -0.05) is 135 Å². The van der Waals surface area contributed by atoms with E-state index in [0.717, 1.165) is 12.8 Å². The van der Waals surface area contributed by atoms with Gasteiger partial charge in [0, 0.05) is 0 Å². The molecule has 0 fully saturated rings. The number of carbonyl (C=O) groups excluding carboxylic acids is 1. The normalized spacial score (nSPS) is 11.6. The Morgan fingerprint density at radius 2 is 0.935 bits per heavy atom. The topological polar surface area (TPSA) is 86.5 Å².